The van der Waals surface area contributed by atoms with E-state index in [9.17, 15) is 8.42 Å². The first-order valence-electron chi connectivity index (χ1n) is 5.44. The Morgan fingerprint density at radius 1 is 1.33 bits per heavy atom. The molecule has 1 rings (SSSR count). The van der Waals surface area contributed by atoms with Gasteiger partial charge in [-0.2, -0.15) is 0 Å². The van der Waals surface area contributed by atoms with E-state index in [1.54, 1.807) is 6.07 Å². The molecule has 3 nitrogen and oxygen atoms in total. The maximum atomic E-state index is 12.2. The van der Waals surface area contributed by atoms with Crippen LogP contribution in [0, 0.1) is 0 Å². The highest BCUT2D eigenvalue weighted by molar-refractivity contribution is 7.89. The lowest BCUT2D eigenvalue weighted by Crippen LogP contribution is -2.34. The number of sulfonamides is 1. The lowest BCUT2D eigenvalue weighted by Gasteiger charge is -2.16. The van der Waals surface area contributed by atoms with Crippen molar-refractivity contribution < 1.29 is 8.42 Å². The Balaban J connectivity index is 3.02. The summed E-state index contributed by atoms with van der Waals surface area (Å²) in [6.45, 7) is 1.89. The Kier molecular flexibility index (Phi) is 6.21. The van der Waals surface area contributed by atoms with Crippen LogP contribution in [0.5, 0.6) is 0 Å². The van der Waals surface area contributed by atoms with Crippen molar-refractivity contribution in [3.8, 4) is 0 Å². The monoisotopic (exact) mass is 329 g/mol. The normalized spacial score (nSPS) is 13.6. The molecule has 0 saturated carbocycles. The Hall–Kier alpha value is -0.000000000000000111. The van der Waals surface area contributed by atoms with Crippen molar-refractivity contribution >= 4 is 44.8 Å². The largest absolute Gasteiger partial charge is 0.242 e. The van der Waals surface area contributed by atoms with Crippen LogP contribution in [0.3, 0.4) is 0 Å². The van der Waals surface area contributed by atoms with Gasteiger partial charge < -0.3 is 0 Å². The molecule has 1 N–H and O–H groups in total. The van der Waals surface area contributed by atoms with Crippen LogP contribution in [0.2, 0.25) is 10.0 Å². The summed E-state index contributed by atoms with van der Waals surface area (Å²) in [4.78, 5) is -0.00955. The maximum absolute atomic E-state index is 12.2. The van der Waals surface area contributed by atoms with E-state index >= 15 is 0 Å². The number of halogens is 3. The number of hydrogen-bond donors (Lipinski definition) is 1. The third-order valence-corrected chi connectivity index (χ3v) is 4.91. The summed E-state index contributed by atoms with van der Waals surface area (Å²) in [5.41, 5.74) is 0. The summed E-state index contributed by atoms with van der Waals surface area (Å²) in [7, 11) is -3.67. The molecule has 0 spiro atoms. The first-order chi connectivity index (χ1) is 8.40. The Morgan fingerprint density at radius 2 is 2.00 bits per heavy atom. The highest BCUT2D eigenvalue weighted by atomic mass is 35.5. The molecule has 1 aromatic rings. The van der Waals surface area contributed by atoms with Gasteiger partial charge in [-0.25, -0.2) is 13.1 Å². The van der Waals surface area contributed by atoms with Crippen molar-refractivity contribution in [1.29, 1.82) is 0 Å². The Morgan fingerprint density at radius 3 is 2.56 bits per heavy atom. The van der Waals surface area contributed by atoms with E-state index in [4.69, 9.17) is 34.8 Å². The van der Waals surface area contributed by atoms with Crippen LogP contribution in [0.1, 0.15) is 19.8 Å². The quantitative estimate of drug-likeness (QED) is 0.809. The molecule has 0 amide bonds. The molecule has 1 unspecified atom stereocenters. The van der Waals surface area contributed by atoms with Crippen molar-refractivity contribution in [1.82, 2.24) is 4.72 Å². The van der Waals surface area contributed by atoms with Gasteiger partial charge in [0.25, 0.3) is 0 Å². The molecule has 0 aliphatic heterocycles. The molecular formula is C11H14Cl3NO2S. The lowest BCUT2D eigenvalue weighted by molar-refractivity contribution is 0.531. The minimum atomic E-state index is -3.67. The first-order valence-corrected chi connectivity index (χ1v) is 8.21. The summed E-state index contributed by atoms with van der Waals surface area (Å²) < 4.78 is 26.9. The van der Waals surface area contributed by atoms with E-state index in [0.717, 1.165) is 0 Å². The van der Waals surface area contributed by atoms with Gasteiger partial charge in [-0.15, -0.1) is 11.6 Å². The number of nitrogens with one attached hydrogen (secondary N) is 1. The van der Waals surface area contributed by atoms with Crippen LogP contribution in [0.15, 0.2) is 23.1 Å². The molecule has 102 valence electrons. The molecule has 7 heteroatoms. The number of benzene rings is 1. The van der Waals surface area contributed by atoms with Gasteiger partial charge in [-0.3, -0.25) is 0 Å². The molecule has 18 heavy (non-hydrogen) atoms. The van der Waals surface area contributed by atoms with Gasteiger partial charge in [0.1, 0.15) is 4.90 Å². The SMILES string of the molecule is CCC(CCCl)NS(=O)(=O)c1cc(Cl)ccc1Cl. The molecule has 0 bridgehead atoms. The molecule has 0 heterocycles. The minimum Gasteiger partial charge on any atom is -0.208 e. The second kappa shape index (κ2) is 6.96. The van der Waals surface area contributed by atoms with Crippen LogP contribution in [-0.4, -0.2) is 20.3 Å². The molecular weight excluding hydrogens is 317 g/mol. The molecule has 1 aromatic carbocycles. The fourth-order valence-corrected chi connectivity index (χ4v) is 3.82. The summed E-state index contributed by atoms with van der Waals surface area (Å²) in [6.07, 6.45) is 1.22. The van der Waals surface area contributed by atoms with Gasteiger partial charge >= 0.3 is 0 Å². The molecule has 1 atom stereocenters. The van der Waals surface area contributed by atoms with Gasteiger partial charge in [-0.1, -0.05) is 30.1 Å². The van der Waals surface area contributed by atoms with Gasteiger partial charge in [0.2, 0.25) is 10.0 Å². The van der Waals surface area contributed by atoms with Crippen molar-refractivity contribution in [2.75, 3.05) is 5.88 Å². The van der Waals surface area contributed by atoms with Crippen LogP contribution in [0.4, 0.5) is 0 Å². The van der Waals surface area contributed by atoms with Crippen LogP contribution in [-0.2, 0) is 10.0 Å². The van der Waals surface area contributed by atoms with E-state index in [-0.39, 0.29) is 16.0 Å². The average molecular weight is 331 g/mol. The summed E-state index contributed by atoms with van der Waals surface area (Å²) in [5, 5.41) is 0.470. The first kappa shape index (κ1) is 16.1. The second-order valence-corrected chi connectivity index (χ2v) is 6.68. The van der Waals surface area contributed by atoms with E-state index in [1.165, 1.54) is 12.1 Å². The van der Waals surface area contributed by atoms with E-state index in [1.807, 2.05) is 6.92 Å². The molecule has 0 aliphatic carbocycles. The summed E-state index contributed by atoms with van der Waals surface area (Å²) in [5.74, 6) is 0.393. The zero-order valence-corrected chi connectivity index (χ0v) is 12.9. The van der Waals surface area contributed by atoms with Gasteiger partial charge in [0, 0.05) is 16.9 Å². The van der Waals surface area contributed by atoms with Gasteiger partial charge in [0.15, 0.2) is 0 Å². The standard InChI is InChI=1S/C11H14Cl3NO2S/c1-2-9(5-6-12)15-18(16,17)11-7-8(13)3-4-10(11)14/h3-4,7,9,15H,2,5-6H2,1H3. The molecule has 0 aromatic heterocycles. The van der Waals surface area contributed by atoms with Crippen molar-refractivity contribution in [2.24, 2.45) is 0 Å². The van der Waals surface area contributed by atoms with Gasteiger partial charge in [0.05, 0.1) is 5.02 Å². The van der Waals surface area contributed by atoms with E-state index in [0.29, 0.717) is 23.7 Å². The van der Waals surface area contributed by atoms with Gasteiger partial charge in [-0.05, 0) is 31.0 Å². The lowest BCUT2D eigenvalue weighted by atomic mass is 10.2. The second-order valence-electron chi connectivity index (χ2n) is 3.78. The molecule has 0 fully saturated rings. The van der Waals surface area contributed by atoms with E-state index in [2.05, 4.69) is 4.72 Å². The summed E-state index contributed by atoms with van der Waals surface area (Å²) >= 11 is 17.3. The fraction of sp³-hybridized carbons (Fsp3) is 0.455. The smallest absolute Gasteiger partial charge is 0.208 e. The minimum absolute atomic E-state index is 0.00955. The maximum Gasteiger partial charge on any atom is 0.242 e. The number of rotatable bonds is 6. The molecule has 0 saturated heterocycles. The Bertz CT molecular complexity index is 505. The number of hydrogen-bond acceptors (Lipinski definition) is 2. The highest BCUT2D eigenvalue weighted by Crippen LogP contribution is 2.25. The fourth-order valence-electron chi connectivity index (χ4n) is 1.44. The predicted octanol–water partition coefficient (Wildman–Crippen LogP) is 3.68. The zero-order chi connectivity index (χ0) is 13.8. The third kappa shape index (κ3) is 4.28. The Labute approximate surface area is 122 Å². The van der Waals surface area contributed by atoms with Crippen LogP contribution in [0.25, 0.3) is 0 Å². The summed E-state index contributed by atoms with van der Waals surface area (Å²) in [6, 6.07) is 4.13. The zero-order valence-electron chi connectivity index (χ0n) is 9.79. The number of alkyl halides is 1. The predicted molar refractivity (Wildman–Crippen MR) is 76.2 cm³/mol. The van der Waals surface area contributed by atoms with Crippen molar-refractivity contribution in [3.05, 3.63) is 28.2 Å². The molecule has 0 radical (unpaired) electrons. The average Bonchev–Trinajstić information content (AvgIpc) is 2.31. The van der Waals surface area contributed by atoms with Crippen LogP contribution >= 0.6 is 34.8 Å². The van der Waals surface area contributed by atoms with Crippen molar-refractivity contribution in [3.63, 3.8) is 0 Å². The topological polar surface area (TPSA) is 46.2 Å². The molecule has 0 aliphatic rings. The highest BCUT2D eigenvalue weighted by Gasteiger charge is 2.21. The van der Waals surface area contributed by atoms with Crippen molar-refractivity contribution in [2.45, 2.75) is 30.7 Å². The third-order valence-electron chi connectivity index (χ3n) is 2.45. The van der Waals surface area contributed by atoms with Crippen LogP contribution < -0.4 is 4.72 Å². The van der Waals surface area contributed by atoms with E-state index < -0.39 is 10.0 Å².